The summed E-state index contributed by atoms with van der Waals surface area (Å²) in [7, 11) is 0. The van der Waals surface area contributed by atoms with Gasteiger partial charge in [-0.05, 0) is 67.1 Å². The maximum Gasteiger partial charge on any atom is 0.416 e. The van der Waals surface area contributed by atoms with Crippen molar-refractivity contribution < 1.29 is 27.6 Å². The second-order valence-electron chi connectivity index (χ2n) is 7.85. The Kier molecular flexibility index (Phi) is 8.66. The van der Waals surface area contributed by atoms with Crippen LogP contribution in [0.4, 0.5) is 30.2 Å². The minimum absolute atomic E-state index is 0.00215. The molecule has 0 radical (unpaired) electrons. The first kappa shape index (κ1) is 26.3. The molecule has 3 rings (SSSR count). The van der Waals surface area contributed by atoms with Gasteiger partial charge < -0.3 is 21.3 Å². The van der Waals surface area contributed by atoms with Crippen LogP contribution in [-0.2, 0) is 11.0 Å². The average molecular weight is 499 g/mol. The summed E-state index contributed by atoms with van der Waals surface area (Å²) >= 11 is 0. The lowest BCUT2D eigenvalue weighted by Crippen LogP contribution is -2.24. The zero-order valence-electron chi connectivity index (χ0n) is 19.4. The Bertz CT molecular complexity index is 1230. The topological polar surface area (TPSA) is 99.3 Å². The van der Waals surface area contributed by atoms with Crippen molar-refractivity contribution in [2.45, 2.75) is 19.5 Å². The number of hydrogen-bond acceptors (Lipinski definition) is 4. The normalized spacial score (nSPS) is 10.9. The van der Waals surface area contributed by atoms with Crippen molar-refractivity contribution >= 4 is 34.8 Å². The van der Waals surface area contributed by atoms with E-state index < -0.39 is 17.6 Å². The minimum atomic E-state index is -4.52. The van der Waals surface area contributed by atoms with E-state index in [0.29, 0.717) is 23.5 Å². The van der Waals surface area contributed by atoms with E-state index in [1.165, 1.54) is 24.3 Å². The first-order valence-corrected chi connectivity index (χ1v) is 11.2. The van der Waals surface area contributed by atoms with Crippen LogP contribution in [0.2, 0.25) is 0 Å². The highest BCUT2D eigenvalue weighted by molar-refractivity contribution is 6.05. The molecule has 0 fully saturated rings. The molecule has 0 aromatic heterocycles. The molecular weight excluding hydrogens is 473 g/mol. The highest BCUT2D eigenvalue weighted by Crippen LogP contribution is 2.30. The van der Waals surface area contributed by atoms with Gasteiger partial charge >= 0.3 is 6.18 Å². The fourth-order valence-corrected chi connectivity index (χ4v) is 3.18. The van der Waals surface area contributed by atoms with Gasteiger partial charge in [-0.2, -0.15) is 13.2 Å². The van der Waals surface area contributed by atoms with Crippen molar-refractivity contribution in [2.75, 3.05) is 29.0 Å². The van der Waals surface area contributed by atoms with Gasteiger partial charge in [0.25, 0.3) is 11.8 Å². The van der Waals surface area contributed by atoms with Crippen molar-refractivity contribution in [3.8, 4) is 0 Å². The number of halogens is 3. The smallest absolute Gasteiger partial charge is 0.376 e. The molecule has 0 saturated carbocycles. The quantitative estimate of drug-likeness (QED) is 0.328. The molecule has 3 aromatic carbocycles. The summed E-state index contributed by atoms with van der Waals surface area (Å²) in [4.78, 5) is 36.8. The summed E-state index contributed by atoms with van der Waals surface area (Å²) in [6.45, 7) is 2.49. The largest absolute Gasteiger partial charge is 0.416 e. The molecule has 0 spiro atoms. The van der Waals surface area contributed by atoms with Gasteiger partial charge in [0.15, 0.2) is 0 Å². The Morgan fingerprint density at radius 1 is 0.750 bits per heavy atom. The van der Waals surface area contributed by atoms with Gasteiger partial charge in [-0.1, -0.05) is 19.1 Å². The predicted octanol–water partition coefficient (Wildman–Crippen LogP) is 5.15. The molecule has 0 unspecified atom stereocenters. The number of rotatable bonds is 9. The fraction of sp³-hybridized carbons (Fsp3) is 0.192. The molecule has 36 heavy (non-hydrogen) atoms. The van der Waals surface area contributed by atoms with E-state index in [1.54, 1.807) is 36.4 Å². The van der Waals surface area contributed by atoms with Gasteiger partial charge in [0.1, 0.15) is 0 Å². The number of carbonyl (C=O) groups is 3. The Labute approximate surface area is 206 Å². The third-order valence-electron chi connectivity index (χ3n) is 4.99. The van der Waals surface area contributed by atoms with Gasteiger partial charge in [0.2, 0.25) is 5.91 Å². The second kappa shape index (κ2) is 11.9. The zero-order valence-corrected chi connectivity index (χ0v) is 19.4. The standard InChI is InChI=1S/C26H25F3N4O3/c1-2-13-30-24(35)17-9-11-20(12-10-17)31-16-23(34)32-21-7-3-5-18(14-21)25(36)33-22-8-4-6-19(15-22)26(27,28)29/h3-12,14-15,31H,2,13,16H2,1H3,(H,30,35)(H,32,34)(H,33,36). The molecular formula is C26H25F3N4O3. The first-order chi connectivity index (χ1) is 17.2. The van der Waals surface area contributed by atoms with E-state index in [4.69, 9.17) is 0 Å². The molecule has 0 aliphatic rings. The molecule has 0 heterocycles. The van der Waals surface area contributed by atoms with E-state index in [0.717, 1.165) is 18.6 Å². The van der Waals surface area contributed by atoms with E-state index >= 15 is 0 Å². The number of carbonyl (C=O) groups excluding carboxylic acids is 3. The highest BCUT2D eigenvalue weighted by atomic mass is 19.4. The fourth-order valence-electron chi connectivity index (χ4n) is 3.18. The van der Waals surface area contributed by atoms with Gasteiger partial charge in [0, 0.05) is 34.7 Å². The Morgan fingerprint density at radius 2 is 1.42 bits per heavy atom. The summed E-state index contributed by atoms with van der Waals surface area (Å²) in [6, 6.07) is 17.0. The van der Waals surface area contributed by atoms with Gasteiger partial charge in [-0.25, -0.2) is 0 Å². The zero-order chi connectivity index (χ0) is 26.1. The number of amides is 3. The van der Waals surface area contributed by atoms with Gasteiger partial charge in [-0.15, -0.1) is 0 Å². The second-order valence-corrected chi connectivity index (χ2v) is 7.85. The van der Waals surface area contributed by atoms with Gasteiger partial charge in [-0.3, -0.25) is 14.4 Å². The Balaban J connectivity index is 1.55. The van der Waals surface area contributed by atoms with Crippen molar-refractivity contribution in [2.24, 2.45) is 0 Å². The molecule has 4 N–H and O–H groups in total. The molecule has 188 valence electrons. The van der Waals surface area contributed by atoms with Crippen LogP contribution in [0.3, 0.4) is 0 Å². The van der Waals surface area contributed by atoms with Crippen molar-refractivity contribution in [3.05, 3.63) is 89.5 Å². The van der Waals surface area contributed by atoms with Crippen LogP contribution in [0.25, 0.3) is 0 Å². The van der Waals surface area contributed by atoms with Crippen LogP contribution in [0.5, 0.6) is 0 Å². The minimum Gasteiger partial charge on any atom is -0.376 e. The lowest BCUT2D eigenvalue weighted by molar-refractivity contribution is -0.137. The molecule has 3 amide bonds. The summed E-state index contributed by atoms with van der Waals surface area (Å²) in [5, 5.41) is 10.8. The van der Waals surface area contributed by atoms with E-state index in [-0.39, 0.29) is 29.6 Å². The van der Waals surface area contributed by atoms with Crippen LogP contribution in [-0.4, -0.2) is 30.8 Å². The number of hydrogen-bond donors (Lipinski definition) is 4. The Morgan fingerprint density at radius 3 is 2.08 bits per heavy atom. The van der Waals surface area contributed by atoms with Crippen molar-refractivity contribution in [1.29, 1.82) is 0 Å². The third kappa shape index (κ3) is 7.59. The maximum absolute atomic E-state index is 12.9. The summed E-state index contributed by atoms with van der Waals surface area (Å²) in [5.74, 6) is -1.17. The van der Waals surface area contributed by atoms with Crippen LogP contribution >= 0.6 is 0 Å². The molecule has 0 saturated heterocycles. The van der Waals surface area contributed by atoms with Crippen LogP contribution in [0.1, 0.15) is 39.6 Å². The first-order valence-electron chi connectivity index (χ1n) is 11.2. The van der Waals surface area contributed by atoms with E-state index in [1.807, 2.05) is 6.92 Å². The monoisotopic (exact) mass is 498 g/mol. The molecule has 0 atom stereocenters. The molecule has 0 aliphatic carbocycles. The lowest BCUT2D eigenvalue weighted by Gasteiger charge is -2.11. The van der Waals surface area contributed by atoms with E-state index in [9.17, 15) is 27.6 Å². The number of anilines is 3. The maximum atomic E-state index is 12.9. The number of nitrogens with one attached hydrogen (secondary N) is 4. The summed E-state index contributed by atoms with van der Waals surface area (Å²) < 4.78 is 38.7. The Hall–Kier alpha value is -4.34. The predicted molar refractivity (Wildman–Crippen MR) is 132 cm³/mol. The molecule has 7 nitrogen and oxygen atoms in total. The molecule has 0 aliphatic heterocycles. The van der Waals surface area contributed by atoms with Crippen LogP contribution < -0.4 is 21.3 Å². The van der Waals surface area contributed by atoms with Crippen LogP contribution in [0, 0.1) is 0 Å². The van der Waals surface area contributed by atoms with Crippen LogP contribution in [0.15, 0.2) is 72.8 Å². The molecule has 10 heteroatoms. The van der Waals surface area contributed by atoms with Gasteiger partial charge in [0.05, 0.1) is 12.1 Å². The summed E-state index contributed by atoms with van der Waals surface area (Å²) in [6.07, 6.45) is -3.69. The SMILES string of the molecule is CCCNC(=O)c1ccc(NCC(=O)Nc2cccc(C(=O)Nc3cccc(C(F)(F)F)c3)c2)cc1. The third-order valence-corrected chi connectivity index (χ3v) is 4.99. The average Bonchev–Trinajstić information content (AvgIpc) is 2.86. The number of benzene rings is 3. The lowest BCUT2D eigenvalue weighted by atomic mass is 10.1. The highest BCUT2D eigenvalue weighted by Gasteiger charge is 2.30. The number of alkyl halides is 3. The van der Waals surface area contributed by atoms with Crippen molar-refractivity contribution in [3.63, 3.8) is 0 Å². The summed E-state index contributed by atoms with van der Waals surface area (Å²) in [5.41, 5.74) is 0.798. The van der Waals surface area contributed by atoms with E-state index in [2.05, 4.69) is 21.3 Å². The van der Waals surface area contributed by atoms with Crippen molar-refractivity contribution in [1.82, 2.24) is 5.32 Å². The molecule has 0 bridgehead atoms. The molecule has 3 aromatic rings.